The molecule has 0 saturated carbocycles. The topological polar surface area (TPSA) is 83.6 Å². The van der Waals surface area contributed by atoms with E-state index in [1.54, 1.807) is 6.07 Å². The Morgan fingerprint density at radius 3 is 3.06 bits per heavy atom. The highest BCUT2D eigenvalue weighted by molar-refractivity contribution is 6.30. The predicted octanol–water partition coefficient (Wildman–Crippen LogP) is 0.826. The molecule has 0 aliphatic carbocycles. The Balaban J connectivity index is 1.85. The maximum absolute atomic E-state index is 11.6. The second-order valence-electron chi connectivity index (χ2n) is 3.30. The zero-order valence-corrected chi connectivity index (χ0v) is 9.61. The Labute approximate surface area is 102 Å². The van der Waals surface area contributed by atoms with Crippen LogP contribution in [-0.2, 0) is 6.42 Å². The summed E-state index contributed by atoms with van der Waals surface area (Å²) in [6.07, 6.45) is 3.51. The summed E-state index contributed by atoms with van der Waals surface area (Å²) in [5.41, 5.74) is 0.301. The fraction of sp³-hybridized carbons (Fsp3) is 0.200. The van der Waals surface area contributed by atoms with E-state index >= 15 is 0 Å². The van der Waals surface area contributed by atoms with Crippen molar-refractivity contribution in [1.29, 1.82) is 0 Å². The monoisotopic (exact) mass is 251 g/mol. The fourth-order valence-corrected chi connectivity index (χ4v) is 1.42. The zero-order chi connectivity index (χ0) is 12.1. The van der Waals surface area contributed by atoms with Crippen molar-refractivity contribution in [2.24, 2.45) is 0 Å². The first-order valence-electron chi connectivity index (χ1n) is 4.99. The predicted molar refractivity (Wildman–Crippen MR) is 61.7 cm³/mol. The number of pyridine rings is 1. The van der Waals surface area contributed by atoms with Crippen molar-refractivity contribution in [2.45, 2.75) is 6.42 Å². The summed E-state index contributed by atoms with van der Waals surface area (Å²) < 4.78 is 0. The van der Waals surface area contributed by atoms with Gasteiger partial charge in [0, 0.05) is 24.2 Å². The molecule has 0 radical (unpaired) electrons. The zero-order valence-electron chi connectivity index (χ0n) is 8.85. The number of aromatic nitrogens is 4. The molecule has 0 atom stereocenters. The number of carbonyl (C=O) groups is 1. The van der Waals surface area contributed by atoms with E-state index < -0.39 is 0 Å². The van der Waals surface area contributed by atoms with Crippen molar-refractivity contribution >= 4 is 17.5 Å². The second-order valence-corrected chi connectivity index (χ2v) is 3.73. The summed E-state index contributed by atoms with van der Waals surface area (Å²) >= 11 is 5.76. The van der Waals surface area contributed by atoms with Crippen LogP contribution in [0.25, 0.3) is 0 Å². The van der Waals surface area contributed by atoms with Crippen molar-refractivity contribution in [2.75, 3.05) is 6.54 Å². The van der Waals surface area contributed by atoms with Gasteiger partial charge in [0.2, 0.25) is 0 Å². The van der Waals surface area contributed by atoms with Gasteiger partial charge in [0.05, 0.1) is 0 Å². The average molecular weight is 252 g/mol. The van der Waals surface area contributed by atoms with Crippen LogP contribution in [0.4, 0.5) is 0 Å². The molecule has 0 aromatic carbocycles. The maximum Gasteiger partial charge on any atom is 0.269 e. The third-order valence-corrected chi connectivity index (χ3v) is 2.30. The Morgan fingerprint density at radius 2 is 2.35 bits per heavy atom. The number of hydrogen-bond acceptors (Lipinski definition) is 4. The average Bonchev–Trinajstić information content (AvgIpc) is 2.82. The standard InChI is InChI=1S/C10H10ClN5O/c11-7-1-3-12-8(5-7)10(17)13-4-2-9-14-6-15-16-9/h1,3,5-6H,2,4H2,(H,13,17)(H,14,15,16). The SMILES string of the molecule is O=C(NCCc1ncn[nH]1)c1cc(Cl)ccn1. The number of nitrogens with one attached hydrogen (secondary N) is 2. The van der Waals surface area contributed by atoms with Crippen molar-refractivity contribution in [1.82, 2.24) is 25.5 Å². The van der Waals surface area contributed by atoms with Crippen molar-refractivity contribution in [3.05, 3.63) is 41.2 Å². The molecule has 0 spiro atoms. The lowest BCUT2D eigenvalue weighted by Crippen LogP contribution is -2.26. The van der Waals surface area contributed by atoms with Gasteiger partial charge in [-0.15, -0.1) is 0 Å². The maximum atomic E-state index is 11.6. The van der Waals surface area contributed by atoms with Crippen LogP contribution < -0.4 is 5.32 Å². The molecule has 7 heteroatoms. The summed E-state index contributed by atoms with van der Waals surface area (Å²) in [4.78, 5) is 19.5. The third kappa shape index (κ3) is 3.25. The van der Waals surface area contributed by atoms with E-state index in [0.29, 0.717) is 23.7 Å². The summed E-state index contributed by atoms with van der Waals surface area (Å²) in [7, 11) is 0. The number of rotatable bonds is 4. The van der Waals surface area contributed by atoms with Gasteiger partial charge in [-0.1, -0.05) is 11.6 Å². The van der Waals surface area contributed by atoms with Gasteiger partial charge in [0.1, 0.15) is 17.8 Å². The molecule has 2 aromatic heterocycles. The molecule has 2 N–H and O–H groups in total. The quantitative estimate of drug-likeness (QED) is 0.843. The number of halogens is 1. The van der Waals surface area contributed by atoms with Crippen molar-refractivity contribution in [3.63, 3.8) is 0 Å². The first-order chi connectivity index (χ1) is 8.25. The molecule has 0 fully saturated rings. The molecule has 2 aromatic rings. The molecule has 0 bridgehead atoms. The van der Waals surface area contributed by atoms with Gasteiger partial charge >= 0.3 is 0 Å². The molecule has 1 amide bonds. The molecule has 2 rings (SSSR count). The van der Waals surface area contributed by atoms with E-state index in [0.717, 1.165) is 5.82 Å². The normalized spacial score (nSPS) is 10.2. The van der Waals surface area contributed by atoms with Gasteiger partial charge in [-0.05, 0) is 12.1 Å². The summed E-state index contributed by atoms with van der Waals surface area (Å²) in [5.74, 6) is 0.469. The number of amides is 1. The molecular weight excluding hydrogens is 242 g/mol. The van der Waals surface area contributed by atoms with Gasteiger partial charge in [-0.25, -0.2) is 4.98 Å². The van der Waals surface area contributed by atoms with Crippen LogP contribution in [0.15, 0.2) is 24.7 Å². The fourth-order valence-electron chi connectivity index (χ4n) is 1.27. The van der Waals surface area contributed by atoms with E-state index in [9.17, 15) is 4.79 Å². The molecule has 0 aliphatic rings. The van der Waals surface area contributed by atoms with Crippen molar-refractivity contribution < 1.29 is 4.79 Å². The highest BCUT2D eigenvalue weighted by Crippen LogP contribution is 2.07. The Hall–Kier alpha value is -1.95. The van der Waals surface area contributed by atoms with Crippen LogP contribution >= 0.6 is 11.6 Å². The van der Waals surface area contributed by atoms with Gasteiger partial charge in [0.25, 0.3) is 5.91 Å². The van der Waals surface area contributed by atoms with E-state index in [1.165, 1.54) is 18.6 Å². The van der Waals surface area contributed by atoms with Gasteiger partial charge in [-0.2, -0.15) is 5.10 Å². The van der Waals surface area contributed by atoms with Crippen LogP contribution in [0, 0.1) is 0 Å². The summed E-state index contributed by atoms with van der Waals surface area (Å²) in [6, 6.07) is 3.14. The van der Waals surface area contributed by atoms with Crippen LogP contribution in [0.2, 0.25) is 5.02 Å². The number of aromatic amines is 1. The lowest BCUT2D eigenvalue weighted by molar-refractivity contribution is 0.0949. The van der Waals surface area contributed by atoms with Gasteiger partial charge in [-0.3, -0.25) is 14.9 Å². The molecule has 2 heterocycles. The summed E-state index contributed by atoms with van der Waals surface area (Å²) in [5, 5.41) is 9.62. The van der Waals surface area contributed by atoms with E-state index in [1.807, 2.05) is 0 Å². The number of hydrogen-bond donors (Lipinski definition) is 2. The Morgan fingerprint density at radius 1 is 1.47 bits per heavy atom. The molecule has 0 unspecified atom stereocenters. The molecule has 17 heavy (non-hydrogen) atoms. The molecule has 88 valence electrons. The van der Waals surface area contributed by atoms with Gasteiger partial charge < -0.3 is 5.32 Å². The minimum atomic E-state index is -0.257. The minimum Gasteiger partial charge on any atom is -0.350 e. The highest BCUT2D eigenvalue weighted by atomic mass is 35.5. The smallest absolute Gasteiger partial charge is 0.269 e. The van der Waals surface area contributed by atoms with Crippen LogP contribution in [0.1, 0.15) is 16.3 Å². The lowest BCUT2D eigenvalue weighted by atomic mass is 10.3. The number of carbonyl (C=O) groups excluding carboxylic acids is 1. The third-order valence-electron chi connectivity index (χ3n) is 2.07. The summed E-state index contributed by atoms with van der Waals surface area (Å²) in [6.45, 7) is 0.461. The van der Waals surface area contributed by atoms with Crippen LogP contribution in [-0.4, -0.2) is 32.6 Å². The van der Waals surface area contributed by atoms with Crippen LogP contribution in [0.3, 0.4) is 0 Å². The van der Waals surface area contributed by atoms with E-state index in [4.69, 9.17) is 11.6 Å². The van der Waals surface area contributed by atoms with Crippen molar-refractivity contribution in [3.8, 4) is 0 Å². The first-order valence-corrected chi connectivity index (χ1v) is 5.37. The van der Waals surface area contributed by atoms with E-state index in [2.05, 4.69) is 25.5 Å². The van der Waals surface area contributed by atoms with E-state index in [-0.39, 0.29) is 5.91 Å². The molecule has 0 saturated heterocycles. The van der Waals surface area contributed by atoms with Crippen LogP contribution in [0.5, 0.6) is 0 Å². The first kappa shape index (κ1) is 11.5. The molecule has 6 nitrogen and oxygen atoms in total. The Bertz CT molecular complexity index is 499. The highest BCUT2D eigenvalue weighted by Gasteiger charge is 2.07. The van der Waals surface area contributed by atoms with Gasteiger partial charge in [0.15, 0.2) is 0 Å². The Kier molecular flexibility index (Phi) is 3.66. The largest absolute Gasteiger partial charge is 0.350 e. The number of H-pyrrole nitrogens is 1. The second kappa shape index (κ2) is 5.40. The minimum absolute atomic E-state index is 0.257. The lowest BCUT2D eigenvalue weighted by Gasteiger charge is -2.03. The number of nitrogens with zero attached hydrogens (tertiary/aromatic N) is 3. The molecule has 0 aliphatic heterocycles. The molecular formula is C10H10ClN5O.